The van der Waals surface area contributed by atoms with Gasteiger partial charge in [0.05, 0.1) is 32.9 Å². The fraction of sp³-hybridized carbons (Fsp3) is 0.344. The maximum Gasteiger partial charge on any atom is 0.266 e. The SMILES string of the molecule is CCS(=O)(=O)c1ccc(-c2ccc(OC)c(CN(C(=O)c3sc4c(F)ccc(F)c4c3Cl)C3CCC(N(C)Cl)CC3)c2)cc1. The quantitative estimate of drug-likeness (QED) is 0.166. The maximum absolute atomic E-state index is 14.7. The normalized spacial score (nSPS) is 17.3. The number of hydrogen-bond donors (Lipinski definition) is 0. The molecule has 5 rings (SSSR count). The first-order valence-corrected chi connectivity index (χ1v) is 17.4. The number of carbonyl (C=O) groups is 1. The van der Waals surface area contributed by atoms with Crippen LogP contribution in [0.1, 0.15) is 47.8 Å². The molecule has 1 aromatic heterocycles. The standard InChI is InChI=1S/C32H32Cl2F2N2O4S2/c1-4-44(40,41)24-12-5-19(6-13-24)20-7-16-27(42-3)21(17-20)18-38(23-10-8-22(9-11-23)37(2)34)32(39)31-29(33)28-25(35)14-15-26(36)30(28)43-31/h5-7,12-17,22-23H,4,8-11,18H2,1-3H3. The number of rotatable bonds is 9. The van der Waals surface area contributed by atoms with E-state index >= 15 is 0 Å². The summed E-state index contributed by atoms with van der Waals surface area (Å²) in [4.78, 5) is 16.3. The van der Waals surface area contributed by atoms with Gasteiger partial charge in [0.25, 0.3) is 5.91 Å². The fourth-order valence-corrected chi connectivity index (χ4v) is 8.33. The summed E-state index contributed by atoms with van der Waals surface area (Å²) in [5, 5.41) is -0.199. The molecule has 0 atom stereocenters. The Hall–Kier alpha value is -2.76. The molecule has 1 fully saturated rings. The molecule has 0 radical (unpaired) electrons. The summed E-state index contributed by atoms with van der Waals surface area (Å²) < 4.78 is 61.3. The van der Waals surface area contributed by atoms with Gasteiger partial charge in [0.15, 0.2) is 9.84 Å². The van der Waals surface area contributed by atoms with Gasteiger partial charge in [-0.2, -0.15) is 0 Å². The number of methoxy groups -OCH3 is 1. The second kappa shape index (κ2) is 13.3. The lowest BCUT2D eigenvalue weighted by Gasteiger charge is -2.38. The monoisotopic (exact) mass is 680 g/mol. The van der Waals surface area contributed by atoms with Crippen LogP contribution >= 0.6 is 34.7 Å². The van der Waals surface area contributed by atoms with Crippen molar-refractivity contribution in [2.24, 2.45) is 0 Å². The van der Waals surface area contributed by atoms with Gasteiger partial charge in [-0.15, -0.1) is 11.3 Å². The Morgan fingerprint density at radius 3 is 2.18 bits per heavy atom. The van der Waals surface area contributed by atoms with Gasteiger partial charge < -0.3 is 9.64 Å². The summed E-state index contributed by atoms with van der Waals surface area (Å²) in [7, 11) is 0.0215. The molecular weight excluding hydrogens is 649 g/mol. The van der Waals surface area contributed by atoms with Crippen molar-refractivity contribution in [2.75, 3.05) is 19.9 Å². The van der Waals surface area contributed by atoms with Crippen LogP contribution in [-0.4, -0.2) is 55.6 Å². The molecule has 44 heavy (non-hydrogen) atoms. The lowest BCUT2D eigenvalue weighted by molar-refractivity contribution is 0.0589. The minimum atomic E-state index is -3.34. The zero-order chi connectivity index (χ0) is 31.8. The minimum absolute atomic E-state index is 0.00103. The van der Waals surface area contributed by atoms with Crippen LogP contribution in [0, 0.1) is 11.6 Å². The van der Waals surface area contributed by atoms with Crippen molar-refractivity contribution in [2.45, 2.75) is 56.1 Å². The van der Waals surface area contributed by atoms with Gasteiger partial charge in [0, 0.05) is 31.2 Å². The van der Waals surface area contributed by atoms with Crippen LogP contribution in [0.5, 0.6) is 5.75 Å². The second-order valence-corrected chi connectivity index (χ2v) is 15.1. The Balaban J connectivity index is 1.54. The molecule has 0 bridgehead atoms. The number of sulfone groups is 1. The van der Waals surface area contributed by atoms with E-state index in [0.29, 0.717) is 18.6 Å². The number of halogens is 4. The Bertz CT molecular complexity index is 1790. The van der Waals surface area contributed by atoms with Gasteiger partial charge in [-0.3, -0.25) is 4.79 Å². The lowest BCUT2D eigenvalue weighted by atomic mass is 9.89. The number of thiophene rings is 1. The number of nitrogens with zero attached hydrogens (tertiary/aromatic N) is 2. The van der Waals surface area contributed by atoms with Crippen LogP contribution in [0.3, 0.4) is 0 Å². The highest BCUT2D eigenvalue weighted by molar-refractivity contribution is 7.91. The van der Waals surface area contributed by atoms with Crippen molar-refractivity contribution >= 4 is 60.5 Å². The van der Waals surface area contributed by atoms with Crippen LogP contribution in [-0.2, 0) is 16.4 Å². The van der Waals surface area contributed by atoms with Crippen LogP contribution in [0.15, 0.2) is 59.5 Å². The summed E-state index contributed by atoms with van der Waals surface area (Å²) >= 11 is 13.7. The van der Waals surface area contributed by atoms with Gasteiger partial charge in [-0.1, -0.05) is 36.7 Å². The Kier molecular flexibility index (Phi) is 9.87. The highest BCUT2D eigenvalue weighted by atomic mass is 35.5. The van der Waals surface area contributed by atoms with Crippen molar-refractivity contribution in [3.63, 3.8) is 0 Å². The number of amides is 1. The average molecular weight is 682 g/mol. The topological polar surface area (TPSA) is 66.9 Å². The zero-order valence-electron chi connectivity index (χ0n) is 24.4. The van der Waals surface area contributed by atoms with Gasteiger partial charge in [-0.05, 0) is 85.0 Å². The number of fused-ring (bicyclic) bond motifs is 1. The van der Waals surface area contributed by atoms with Crippen molar-refractivity contribution in [3.05, 3.63) is 81.7 Å². The van der Waals surface area contributed by atoms with Crippen molar-refractivity contribution in [3.8, 4) is 16.9 Å². The van der Waals surface area contributed by atoms with E-state index in [1.807, 2.05) is 19.2 Å². The fourth-order valence-electron chi connectivity index (χ4n) is 5.74. The molecule has 1 saturated carbocycles. The Labute approximate surface area is 270 Å². The van der Waals surface area contributed by atoms with Crippen LogP contribution < -0.4 is 4.74 Å². The molecule has 1 heterocycles. The van der Waals surface area contributed by atoms with E-state index in [1.165, 1.54) is 0 Å². The largest absolute Gasteiger partial charge is 0.496 e. The summed E-state index contributed by atoms with van der Waals surface area (Å²) in [6, 6.07) is 14.3. The molecule has 234 valence electrons. The third kappa shape index (κ3) is 6.46. The molecule has 0 unspecified atom stereocenters. The van der Waals surface area contributed by atoms with Crippen LogP contribution in [0.4, 0.5) is 8.78 Å². The second-order valence-electron chi connectivity index (χ2n) is 10.9. The molecule has 0 aliphatic heterocycles. The molecule has 1 aliphatic carbocycles. The average Bonchev–Trinajstić information content (AvgIpc) is 3.39. The zero-order valence-corrected chi connectivity index (χ0v) is 27.6. The van der Waals surface area contributed by atoms with Crippen LogP contribution in [0.2, 0.25) is 5.02 Å². The molecule has 0 spiro atoms. The number of benzene rings is 3. The van der Waals surface area contributed by atoms with Crippen molar-refractivity contribution in [1.29, 1.82) is 0 Å². The first kappa shape index (κ1) is 32.6. The number of hydrogen-bond acceptors (Lipinski definition) is 6. The first-order chi connectivity index (χ1) is 20.9. The number of ether oxygens (including phenoxy) is 1. The summed E-state index contributed by atoms with van der Waals surface area (Å²) in [5.74, 6) is -1.18. The molecule has 6 nitrogen and oxygen atoms in total. The Morgan fingerprint density at radius 1 is 0.977 bits per heavy atom. The van der Waals surface area contributed by atoms with Gasteiger partial charge in [0.2, 0.25) is 0 Å². The van der Waals surface area contributed by atoms with E-state index in [4.69, 9.17) is 28.1 Å². The van der Waals surface area contributed by atoms with Gasteiger partial charge in [-0.25, -0.2) is 21.6 Å². The third-order valence-electron chi connectivity index (χ3n) is 8.29. The van der Waals surface area contributed by atoms with Crippen molar-refractivity contribution < 1.29 is 26.7 Å². The molecule has 1 aliphatic rings. The third-order valence-corrected chi connectivity index (χ3v) is 12.0. The molecule has 12 heteroatoms. The molecule has 3 aromatic carbocycles. The minimum Gasteiger partial charge on any atom is -0.496 e. The number of carbonyl (C=O) groups excluding carboxylic acids is 1. The van der Waals surface area contributed by atoms with Crippen LogP contribution in [0.25, 0.3) is 21.2 Å². The summed E-state index contributed by atoms with van der Waals surface area (Å²) in [6.45, 7) is 1.76. The summed E-state index contributed by atoms with van der Waals surface area (Å²) in [5.41, 5.74) is 2.32. The van der Waals surface area contributed by atoms with E-state index in [2.05, 4.69) is 0 Å². The van der Waals surface area contributed by atoms with Gasteiger partial charge in [0.1, 0.15) is 22.3 Å². The van der Waals surface area contributed by atoms with E-state index in [-0.39, 0.29) is 49.3 Å². The predicted molar refractivity (Wildman–Crippen MR) is 172 cm³/mol. The summed E-state index contributed by atoms with van der Waals surface area (Å²) in [6.07, 6.45) is 2.88. The predicted octanol–water partition coefficient (Wildman–Crippen LogP) is 8.34. The van der Waals surface area contributed by atoms with E-state index in [0.717, 1.165) is 53.0 Å². The molecule has 0 N–H and O–H groups in total. The maximum atomic E-state index is 14.7. The van der Waals surface area contributed by atoms with Gasteiger partial charge >= 0.3 is 0 Å². The highest BCUT2D eigenvalue weighted by Crippen LogP contribution is 2.41. The smallest absolute Gasteiger partial charge is 0.266 e. The van der Waals surface area contributed by atoms with Crippen molar-refractivity contribution in [1.82, 2.24) is 9.32 Å². The molecular formula is C32H32Cl2F2N2O4S2. The van der Waals surface area contributed by atoms with E-state index in [9.17, 15) is 22.0 Å². The van der Waals surface area contributed by atoms with E-state index in [1.54, 1.807) is 53.7 Å². The molecule has 0 saturated heterocycles. The van der Waals surface area contributed by atoms with E-state index < -0.39 is 27.4 Å². The lowest BCUT2D eigenvalue weighted by Crippen LogP contribution is -2.44. The molecule has 1 amide bonds. The Morgan fingerprint density at radius 2 is 1.59 bits per heavy atom. The first-order valence-electron chi connectivity index (χ1n) is 14.2. The highest BCUT2D eigenvalue weighted by Gasteiger charge is 2.34. The molecule has 4 aromatic rings.